The Labute approximate surface area is 192 Å². The van der Waals surface area contributed by atoms with Crippen molar-refractivity contribution in [2.45, 2.75) is 51.5 Å². The normalized spacial score (nSPS) is 18.7. The highest BCUT2D eigenvalue weighted by Gasteiger charge is 2.51. The molecule has 0 bridgehead atoms. The van der Waals surface area contributed by atoms with E-state index in [1.165, 1.54) is 17.3 Å². The molecule has 1 spiro atoms. The first-order valence-corrected chi connectivity index (χ1v) is 12.0. The summed E-state index contributed by atoms with van der Waals surface area (Å²) in [5.74, 6) is -0.167. The van der Waals surface area contributed by atoms with Gasteiger partial charge in [0, 0.05) is 0 Å². The second kappa shape index (κ2) is 9.05. The Morgan fingerprint density at radius 2 is 1.97 bits per heavy atom. The number of nitrogens with zero attached hydrogens (tertiary/aromatic N) is 3. The van der Waals surface area contributed by atoms with Gasteiger partial charge in [-0.25, -0.2) is 9.98 Å². The third-order valence-corrected chi connectivity index (χ3v) is 7.25. The molecule has 162 valence electrons. The third kappa shape index (κ3) is 4.11. The molecule has 31 heavy (non-hydrogen) atoms. The van der Waals surface area contributed by atoms with Crippen LogP contribution in [0.25, 0.3) is 0 Å². The molecule has 1 aliphatic heterocycles. The van der Waals surface area contributed by atoms with Crippen LogP contribution in [0.1, 0.15) is 43.7 Å². The van der Waals surface area contributed by atoms with Crippen LogP contribution in [0.15, 0.2) is 52.4 Å². The summed E-state index contributed by atoms with van der Waals surface area (Å²) in [6, 6.07) is 13.9. The Bertz CT molecular complexity index is 1060. The molecule has 0 saturated heterocycles. The average Bonchev–Trinajstić information content (AvgIpc) is 3.35. The van der Waals surface area contributed by atoms with E-state index in [-0.39, 0.29) is 5.75 Å². The Kier molecular flexibility index (Phi) is 6.39. The van der Waals surface area contributed by atoms with Crippen LogP contribution < -0.4 is 4.90 Å². The van der Waals surface area contributed by atoms with Crippen molar-refractivity contribution in [2.24, 2.45) is 9.98 Å². The molecule has 2 aromatic rings. The largest absolute Gasteiger partial charge is 0.481 e. The van der Waals surface area contributed by atoms with Crippen LogP contribution in [0.5, 0.6) is 0 Å². The first-order valence-electron chi connectivity index (χ1n) is 10.6. The molecular formula is C24H26ClN3O2S. The van der Waals surface area contributed by atoms with Gasteiger partial charge in [-0.15, -0.1) is 0 Å². The number of hydrogen-bond donors (Lipinski definition) is 1. The number of thioether (sulfide) groups is 1. The number of para-hydroxylation sites is 2. The Morgan fingerprint density at radius 1 is 1.23 bits per heavy atom. The van der Waals surface area contributed by atoms with Gasteiger partial charge in [0.1, 0.15) is 5.54 Å². The number of carbonyl (C=O) groups is 1. The highest BCUT2D eigenvalue weighted by Crippen LogP contribution is 2.47. The summed E-state index contributed by atoms with van der Waals surface area (Å²) in [4.78, 5) is 23.6. The average molecular weight is 456 g/mol. The van der Waals surface area contributed by atoms with Crippen molar-refractivity contribution in [2.75, 3.05) is 10.7 Å². The highest BCUT2D eigenvalue weighted by molar-refractivity contribution is 8.14. The molecule has 2 aromatic carbocycles. The maximum atomic E-state index is 11.3. The third-order valence-electron chi connectivity index (χ3n) is 6.01. The van der Waals surface area contributed by atoms with Gasteiger partial charge in [-0.2, -0.15) is 0 Å². The van der Waals surface area contributed by atoms with E-state index in [4.69, 9.17) is 21.6 Å². The number of rotatable bonds is 5. The van der Waals surface area contributed by atoms with Crippen molar-refractivity contribution in [3.63, 3.8) is 0 Å². The quantitative estimate of drug-likeness (QED) is 0.578. The summed E-state index contributed by atoms with van der Waals surface area (Å²) < 4.78 is 0. The first-order chi connectivity index (χ1) is 15.0. The predicted molar refractivity (Wildman–Crippen MR) is 130 cm³/mol. The van der Waals surface area contributed by atoms with E-state index < -0.39 is 11.5 Å². The van der Waals surface area contributed by atoms with E-state index in [1.807, 2.05) is 24.3 Å². The lowest BCUT2D eigenvalue weighted by atomic mass is 9.94. The number of benzene rings is 2. The zero-order chi connectivity index (χ0) is 22.0. The Balaban J connectivity index is 1.89. The maximum absolute atomic E-state index is 11.3. The molecule has 2 aliphatic rings. The van der Waals surface area contributed by atoms with Crippen LogP contribution in [0.4, 0.5) is 11.4 Å². The molecule has 1 heterocycles. The highest BCUT2D eigenvalue weighted by atomic mass is 35.5. The van der Waals surface area contributed by atoms with Gasteiger partial charge >= 0.3 is 5.97 Å². The van der Waals surface area contributed by atoms with Crippen molar-refractivity contribution >= 4 is 51.7 Å². The van der Waals surface area contributed by atoms with Gasteiger partial charge in [-0.3, -0.25) is 4.79 Å². The van der Waals surface area contributed by atoms with Crippen LogP contribution in [0.3, 0.4) is 0 Å². The second-order valence-electron chi connectivity index (χ2n) is 7.97. The summed E-state index contributed by atoms with van der Waals surface area (Å²) in [5.41, 5.74) is 3.73. The SMILES string of the molecule is CCc1cccc(C)c1N=C1N=C(SCC(=O)O)N(c2ccccc2Cl)C12CCCC2. The summed E-state index contributed by atoms with van der Waals surface area (Å²) in [7, 11) is 0. The van der Waals surface area contributed by atoms with E-state index >= 15 is 0 Å². The molecule has 1 aliphatic carbocycles. The fourth-order valence-electron chi connectivity index (χ4n) is 4.52. The molecule has 0 unspecified atom stereocenters. The Hall–Kier alpha value is -2.31. The maximum Gasteiger partial charge on any atom is 0.313 e. The fourth-order valence-corrected chi connectivity index (χ4v) is 5.55. The fraction of sp³-hybridized carbons (Fsp3) is 0.375. The van der Waals surface area contributed by atoms with Gasteiger partial charge in [0.15, 0.2) is 11.0 Å². The number of halogens is 1. The lowest BCUT2D eigenvalue weighted by Gasteiger charge is -2.37. The molecule has 5 nitrogen and oxygen atoms in total. The van der Waals surface area contributed by atoms with E-state index in [2.05, 4.69) is 36.9 Å². The molecule has 0 radical (unpaired) electrons. The summed E-state index contributed by atoms with van der Waals surface area (Å²) in [6.45, 7) is 4.20. The van der Waals surface area contributed by atoms with Crippen LogP contribution in [0.2, 0.25) is 5.02 Å². The smallest absolute Gasteiger partial charge is 0.313 e. The lowest BCUT2D eigenvalue weighted by molar-refractivity contribution is -0.133. The summed E-state index contributed by atoms with van der Waals surface area (Å²) >= 11 is 7.84. The molecule has 1 saturated carbocycles. The second-order valence-corrected chi connectivity index (χ2v) is 9.32. The van der Waals surface area contributed by atoms with Crippen molar-refractivity contribution in [3.05, 3.63) is 58.6 Å². The minimum absolute atomic E-state index is 0.0618. The van der Waals surface area contributed by atoms with Gasteiger partial charge in [0.05, 0.1) is 22.2 Å². The number of aryl methyl sites for hydroxylation is 2. The van der Waals surface area contributed by atoms with Crippen molar-refractivity contribution < 1.29 is 9.90 Å². The Morgan fingerprint density at radius 3 is 2.65 bits per heavy atom. The van der Waals surface area contributed by atoms with Gasteiger partial charge in [0.25, 0.3) is 0 Å². The minimum atomic E-state index is -0.871. The van der Waals surface area contributed by atoms with Crippen molar-refractivity contribution in [1.82, 2.24) is 0 Å². The van der Waals surface area contributed by atoms with Crippen LogP contribution in [-0.2, 0) is 11.2 Å². The molecular weight excluding hydrogens is 430 g/mol. The molecule has 1 fully saturated rings. The zero-order valence-corrected chi connectivity index (χ0v) is 19.3. The molecule has 1 N–H and O–H groups in total. The standard InChI is InChI=1S/C24H26ClN3O2S/c1-3-17-10-8-9-16(2)21(17)26-22-24(13-6-7-14-24)28(19-12-5-4-11-18(19)25)23(27-22)31-15-20(29)30/h4-5,8-12H,3,6-7,13-15H2,1-2H3,(H,29,30). The van der Waals surface area contributed by atoms with E-state index in [1.54, 1.807) is 0 Å². The van der Waals surface area contributed by atoms with E-state index in [0.717, 1.165) is 54.9 Å². The first kappa shape index (κ1) is 21.9. The molecule has 0 amide bonds. The van der Waals surface area contributed by atoms with Gasteiger partial charge in [-0.05, 0) is 49.4 Å². The molecule has 7 heteroatoms. The number of carboxylic acid groups (broad SMARTS) is 1. The number of hydrogen-bond acceptors (Lipinski definition) is 4. The number of aliphatic imine (C=N–C) groups is 2. The monoisotopic (exact) mass is 455 g/mol. The number of aliphatic carboxylic acids is 1. The van der Waals surface area contributed by atoms with E-state index in [0.29, 0.717) is 10.2 Å². The summed E-state index contributed by atoms with van der Waals surface area (Å²) in [5, 5.41) is 10.6. The number of amidine groups is 2. The number of anilines is 1. The summed E-state index contributed by atoms with van der Waals surface area (Å²) in [6.07, 6.45) is 4.84. The topological polar surface area (TPSA) is 65.3 Å². The van der Waals surface area contributed by atoms with Crippen LogP contribution >= 0.6 is 23.4 Å². The lowest BCUT2D eigenvalue weighted by Crippen LogP contribution is -2.49. The molecule has 0 atom stereocenters. The van der Waals surface area contributed by atoms with Gasteiger partial charge in [-0.1, -0.05) is 73.5 Å². The zero-order valence-electron chi connectivity index (χ0n) is 17.8. The van der Waals surface area contributed by atoms with Crippen LogP contribution in [-0.4, -0.2) is 33.4 Å². The van der Waals surface area contributed by atoms with Crippen molar-refractivity contribution in [3.8, 4) is 0 Å². The van der Waals surface area contributed by atoms with Gasteiger partial charge < -0.3 is 10.0 Å². The minimum Gasteiger partial charge on any atom is -0.481 e. The molecule has 0 aromatic heterocycles. The predicted octanol–water partition coefficient (Wildman–Crippen LogP) is 6.25. The van der Waals surface area contributed by atoms with Crippen molar-refractivity contribution in [1.29, 1.82) is 0 Å². The number of carboxylic acids is 1. The van der Waals surface area contributed by atoms with Crippen LogP contribution in [0, 0.1) is 6.92 Å². The molecule has 4 rings (SSSR count). The van der Waals surface area contributed by atoms with Gasteiger partial charge in [0.2, 0.25) is 0 Å². The van der Waals surface area contributed by atoms with E-state index in [9.17, 15) is 9.90 Å².